The Labute approximate surface area is 306 Å². The monoisotopic (exact) mass is 714 g/mol. The van der Waals surface area contributed by atoms with Crippen LogP contribution in [0, 0.1) is 23.7 Å². The highest BCUT2D eigenvalue weighted by atomic mass is 16.3. The minimum atomic E-state index is -1.07. The number of amides is 3. The Balaban J connectivity index is 3.22. The molecule has 0 bridgehead atoms. The number of aliphatic hydroxyl groups excluding tert-OH is 1. The van der Waals surface area contributed by atoms with Gasteiger partial charge in [0.2, 0.25) is 17.7 Å². The Hall–Kier alpha value is -3.44. The summed E-state index contributed by atoms with van der Waals surface area (Å²) in [6.45, 7) is 18.8. The standard InChI is InChI=1S/C40H66N4O7/c1-10-41-40(51)34(30(9)45)25-37(48)35(19-15-16-20-44(11-2)27(5)6)43-39(50)32(23-31-17-13-12-14-18-31)24-36(47)29(8)42-38(49)28(7)22-33(46)21-26(3)4/h12-14,17-18,26-30,32,34-35,45H,10-11,15-16,19-25H2,1-9H3,(H,41,51)(H,42,49)(H,43,50)/t28-,29+,30-,32?,34?,35+/m1/s1. The van der Waals surface area contributed by atoms with Crippen LogP contribution in [0.2, 0.25) is 0 Å². The Kier molecular flexibility index (Phi) is 21.4. The number of Topliss-reactive ketones (excluding diaryl/α,β-unsaturated/α-hetero) is 3. The van der Waals surface area contributed by atoms with Crippen molar-refractivity contribution in [3.8, 4) is 0 Å². The van der Waals surface area contributed by atoms with Gasteiger partial charge in [-0.3, -0.25) is 28.8 Å². The van der Waals surface area contributed by atoms with E-state index >= 15 is 0 Å². The smallest absolute Gasteiger partial charge is 0.226 e. The normalized spacial score (nSPS) is 15.1. The quantitative estimate of drug-likeness (QED) is 0.103. The number of carbonyl (C=O) groups excluding carboxylic acids is 6. The summed E-state index contributed by atoms with van der Waals surface area (Å²) in [5.41, 5.74) is 0.834. The van der Waals surface area contributed by atoms with Crippen molar-refractivity contribution in [1.82, 2.24) is 20.9 Å². The van der Waals surface area contributed by atoms with Gasteiger partial charge >= 0.3 is 0 Å². The maximum absolute atomic E-state index is 14.0. The van der Waals surface area contributed by atoms with Crippen LogP contribution in [-0.4, -0.2) is 88.9 Å². The zero-order valence-electron chi connectivity index (χ0n) is 32.6. The second kappa shape index (κ2) is 23.9. The molecule has 1 rings (SSSR count). The molecule has 0 heterocycles. The lowest BCUT2D eigenvalue weighted by atomic mass is 9.89. The number of hydrogen-bond donors (Lipinski definition) is 4. The Bertz CT molecular complexity index is 1250. The van der Waals surface area contributed by atoms with Crippen molar-refractivity contribution in [2.75, 3.05) is 19.6 Å². The third-order valence-corrected chi connectivity index (χ3v) is 9.32. The van der Waals surface area contributed by atoms with Crippen LogP contribution in [0.15, 0.2) is 30.3 Å². The highest BCUT2D eigenvalue weighted by Crippen LogP contribution is 2.19. The van der Waals surface area contributed by atoms with E-state index < -0.39 is 53.7 Å². The third kappa shape index (κ3) is 17.6. The average Bonchev–Trinajstić information content (AvgIpc) is 3.05. The van der Waals surface area contributed by atoms with Crippen molar-refractivity contribution in [2.45, 2.75) is 138 Å². The van der Waals surface area contributed by atoms with Gasteiger partial charge in [-0.1, -0.05) is 58.0 Å². The molecule has 11 heteroatoms. The average molecular weight is 715 g/mol. The molecular formula is C40H66N4O7. The molecule has 51 heavy (non-hydrogen) atoms. The molecule has 0 saturated heterocycles. The molecule has 6 atom stereocenters. The van der Waals surface area contributed by atoms with Crippen molar-refractivity contribution in [2.24, 2.45) is 23.7 Å². The minimum Gasteiger partial charge on any atom is -0.393 e. The second-order valence-corrected chi connectivity index (χ2v) is 14.7. The van der Waals surface area contributed by atoms with E-state index in [0.717, 1.165) is 25.1 Å². The summed E-state index contributed by atoms with van der Waals surface area (Å²) in [4.78, 5) is 81.5. The van der Waals surface area contributed by atoms with Gasteiger partial charge in [0.15, 0.2) is 11.6 Å². The number of nitrogens with zero attached hydrogens (tertiary/aromatic N) is 1. The van der Waals surface area contributed by atoms with Crippen molar-refractivity contribution in [1.29, 1.82) is 0 Å². The van der Waals surface area contributed by atoms with Gasteiger partial charge in [-0.2, -0.15) is 0 Å². The van der Waals surface area contributed by atoms with E-state index in [9.17, 15) is 33.9 Å². The van der Waals surface area contributed by atoms with Gasteiger partial charge in [0.05, 0.1) is 24.1 Å². The first-order valence-electron chi connectivity index (χ1n) is 18.9. The predicted molar refractivity (Wildman–Crippen MR) is 201 cm³/mol. The Morgan fingerprint density at radius 3 is 1.94 bits per heavy atom. The highest BCUT2D eigenvalue weighted by Gasteiger charge is 2.33. The summed E-state index contributed by atoms with van der Waals surface area (Å²) in [5.74, 6) is -4.24. The van der Waals surface area contributed by atoms with Gasteiger partial charge in [-0.05, 0) is 84.9 Å². The van der Waals surface area contributed by atoms with Gasteiger partial charge in [0.1, 0.15) is 5.78 Å². The molecule has 2 unspecified atom stereocenters. The Morgan fingerprint density at radius 1 is 0.745 bits per heavy atom. The van der Waals surface area contributed by atoms with Gasteiger partial charge in [0, 0.05) is 50.1 Å². The van der Waals surface area contributed by atoms with Gasteiger partial charge < -0.3 is 26.0 Å². The van der Waals surface area contributed by atoms with E-state index in [2.05, 4.69) is 41.6 Å². The Morgan fingerprint density at radius 2 is 1.39 bits per heavy atom. The number of carbonyl (C=O) groups is 6. The van der Waals surface area contributed by atoms with Gasteiger partial charge in [-0.15, -0.1) is 0 Å². The molecule has 0 aliphatic heterocycles. The molecule has 288 valence electrons. The van der Waals surface area contributed by atoms with Crippen LogP contribution in [-0.2, 0) is 35.2 Å². The molecule has 0 saturated carbocycles. The van der Waals surface area contributed by atoms with Crippen LogP contribution in [0.1, 0.15) is 113 Å². The van der Waals surface area contributed by atoms with Crippen molar-refractivity contribution in [3.05, 3.63) is 35.9 Å². The first-order valence-corrected chi connectivity index (χ1v) is 18.9. The predicted octanol–water partition coefficient (Wildman–Crippen LogP) is 4.43. The van der Waals surface area contributed by atoms with E-state index in [0.29, 0.717) is 31.8 Å². The number of aliphatic hydroxyl groups is 1. The van der Waals surface area contributed by atoms with Gasteiger partial charge in [0.25, 0.3) is 0 Å². The summed E-state index contributed by atoms with van der Waals surface area (Å²) < 4.78 is 0. The molecule has 0 radical (unpaired) electrons. The van der Waals surface area contributed by atoms with Crippen LogP contribution < -0.4 is 16.0 Å². The number of benzene rings is 1. The van der Waals surface area contributed by atoms with Crippen LogP contribution >= 0.6 is 0 Å². The van der Waals surface area contributed by atoms with Crippen molar-refractivity contribution < 1.29 is 33.9 Å². The molecule has 0 spiro atoms. The molecule has 1 aromatic carbocycles. The molecule has 0 fully saturated rings. The fraction of sp³-hybridized carbons (Fsp3) is 0.700. The molecule has 11 nitrogen and oxygen atoms in total. The summed E-state index contributed by atoms with van der Waals surface area (Å²) in [6, 6.07) is 7.83. The summed E-state index contributed by atoms with van der Waals surface area (Å²) in [7, 11) is 0. The van der Waals surface area contributed by atoms with Gasteiger partial charge in [-0.25, -0.2) is 0 Å². The molecule has 0 aromatic heterocycles. The fourth-order valence-electron chi connectivity index (χ4n) is 6.18. The first kappa shape index (κ1) is 45.6. The van der Waals surface area contributed by atoms with Crippen molar-refractivity contribution in [3.63, 3.8) is 0 Å². The summed E-state index contributed by atoms with van der Waals surface area (Å²) >= 11 is 0. The molecule has 3 amide bonds. The van der Waals surface area contributed by atoms with Crippen molar-refractivity contribution >= 4 is 35.1 Å². The number of rotatable bonds is 26. The lowest BCUT2D eigenvalue weighted by molar-refractivity contribution is -0.136. The molecule has 1 aromatic rings. The number of nitrogens with one attached hydrogen (secondary N) is 3. The van der Waals surface area contributed by atoms with Crippen LogP contribution in [0.25, 0.3) is 0 Å². The fourth-order valence-corrected chi connectivity index (χ4v) is 6.18. The number of ketones is 3. The third-order valence-electron chi connectivity index (χ3n) is 9.32. The summed E-state index contributed by atoms with van der Waals surface area (Å²) in [6.07, 6.45) is 0.982. The largest absolute Gasteiger partial charge is 0.393 e. The van der Waals surface area contributed by atoms with Crippen LogP contribution in [0.5, 0.6) is 0 Å². The van der Waals surface area contributed by atoms with E-state index in [1.54, 1.807) is 20.8 Å². The maximum atomic E-state index is 14.0. The topological polar surface area (TPSA) is 162 Å². The van der Waals surface area contributed by atoms with E-state index in [1.165, 1.54) is 6.92 Å². The molecular weight excluding hydrogens is 648 g/mol. The minimum absolute atomic E-state index is 0.0105. The first-order chi connectivity index (χ1) is 24.0. The summed E-state index contributed by atoms with van der Waals surface area (Å²) in [5, 5.41) is 18.7. The second-order valence-electron chi connectivity index (χ2n) is 14.7. The van der Waals surface area contributed by atoms with E-state index in [1.807, 2.05) is 44.2 Å². The van der Waals surface area contributed by atoms with Crippen LogP contribution in [0.3, 0.4) is 0 Å². The van der Waals surface area contributed by atoms with Crippen LogP contribution in [0.4, 0.5) is 0 Å². The van der Waals surface area contributed by atoms with E-state index in [-0.39, 0.29) is 49.0 Å². The molecule has 4 N–H and O–H groups in total. The zero-order chi connectivity index (χ0) is 38.7. The number of hydrogen-bond acceptors (Lipinski definition) is 8. The lowest BCUT2D eigenvalue weighted by Crippen LogP contribution is -2.48. The van der Waals surface area contributed by atoms with E-state index in [4.69, 9.17) is 0 Å². The number of unbranched alkanes of at least 4 members (excludes halogenated alkanes) is 1. The molecule has 0 aliphatic rings. The lowest BCUT2D eigenvalue weighted by Gasteiger charge is -2.27. The molecule has 0 aliphatic carbocycles. The maximum Gasteiger partial charge on any atom is 0.226 e. The zero-order valence-corrected chi connectivity index (χ0v) is 32.6. The highest BCUT2D eigenvalue weighted by molar-refractivity contribution is 5.96. The SMILES string of the molecule is CCNC(=O)C(CC(=O)[C@H](CCCCN(CC)C(C)C)NC(=O)C(CC(=O)[C@H](C)NC(=O)[C@H](C)CC(=O)CC(C)C)Cc1ccccc1)[C@@H](C)O.